The third-order valence-corrected chi connectivity index (χ3v) is 6.56. The predicted octanol–water partition coefficient (Wildman–Crippen LogP) is 3.70. The molecule has 1 unspecified atom stereocenters. The largest absolute Gasteiger partial charge is 0.378 e. The molecule has 6 nitrogen and oxygen atoms in total. The van der Waals surface area contributed by atoms with Crippen molar-refractivity contribution in [3.05, 3.63) is 93.4 Å². The number of carbonyl (C=O) groups is 1. The Hall–Kier alpha value is -2.90. The normalized spacial score (nSPS) is 11.8. The molecule has 1 N–H and O–H groups in total. The molecule has 0 radical (unpaired) electrons. The first-order valence-electron chi connectivity index (χ1n) is 10.6. The molecule has 32 heavy (non-hydrogen) atoms. The van der Waals surface area contributed by atoms with Crippen LogP contribution in [0, 0.1) is 0 Å². The van der Waals surface area contributed by atoms with E-state index in [1.165, 1.54) is 16.3 Å². The van der Waals surface area contributed by atoms with Gasteiger partial charge in [-0.2, -0.15) is 0 Å². The zero-order valence-electron chi connectivity index (χ0n) is 18.7. The minimum Gasteiger partial charge on any atom is -0.378 e. The van der Waals surface area contributed by atoms with Crippen LogP contribution in [-0.4, -0.2) is 27.8 Å². The number of nitrogens with zero attached hydrogens (tertiary/aromatic N) is 2. The molecule has 3 rings (SSSR count). The second-order valence-corrected chi connectivity index (χ2v) is 8.67. The van der Waals surface area contributed by atoms with Gasteiger partial charge in [0.05, 0.1) is 17.6 Å². The van der Waals surface area contributed by atoms with Crippen LogP contribution in [0.5, 0.6) is 0 Å². The number of hydrogen-bond donors (Lipinski definition) is 1. The van der Waals surface area contributed by atoms with Crippen LogP contribution in [-0.2, 0) is 36.2 Å². The summed E-state index contributed by atoms with van der Waals surface area (Å²) in [7, 11) is 3.29. The van der Waals surface area contributed by atoms with Crippen LogP contribution in [0.4, 0.5) is 0 Å². The fourth-order valence-electron chi connectivity index (χ4n) is 3.36. The van der Waals surface area contributed by atoms with Crippen LogP contribution in [0.1, 0.15) is 35.7 Å². The summed E-state index contributed by atoms with van der Waals surface area (Å²) < 4.78 is 6.86. The lowest BCUT2D eigenvalue weighted by atomic mass is 10.0. The minimum atomic E-state index is -0.354. The van der Waals surface area contributed by atoms with Crippen LogP contribution in [0.3, 0.4) is 0 Å². The number of hydrogen-bond acceptors (Lipinski definition) is 5. The molecule has 2 aromatic carbocycles. The van der Waals surface area contributed by atoms with Crippen LogP contribution in [0.2, 0.25) is 0 Å². The van der Waals surface area contributed by atoms with Gasteiger partial charge in [-0.15, -0.1) is 0 Å². The van der Waals surface area contributed by atoms with Gasteiger partial charge in [0.15, 0.2) is 5.16 Å². The molecule has 1 amide bonds. The number of aromatic nitrogens is 2. The number of amides is 1. The SMILES string of the molecule is CCC(Sc1nc(COC)c(Cc2ccccc2)c(=O)n1C)C(=O)NCc1ccccc1. The van der Waals surface area contributed by atoms with Crippen molar-refractivity contribution in [2.75, 3.05) is 7.11 Å². The molecule has 0 saturated heterocycles. The van der Waals surface area contributed by atoms with Crippen molar-refractivity contribution >= 4 is 17.7 Å². The topological polar surface area (TPSA) is 73.2 Å². The third kappa shape index (κ3) is 6.08. The highest BCUT2D eigenvalue weighted by molar-refractivity contribution is 8.00. The second-order valence-electron chi connectivity index (χ2n) is 7.50. The van der Waals surface area contributed by atoms with Crippen molar-refractivity contribution in [3.8, 4) is 0 Å². The molecule has 168 valence electrons. The van der Waals surface area contributed by atoms with E-state index in [1.807, 2.05) is 67.6 Å². The van der Waals surface area contributed by atoms with Crippen LogP contribution >= 0.6 is 11.8 Å². The zero-order valence-corrected chi connectivity index (χ0v) is 19.5. The van der Waals surface area contributed by atoms with Gasteiger partial charge in [-0.3, -0.25) is 14.2 Å². The molecule has 7 heteroatoms. The summed E-state index contributed by atoms with van der Waals surface area (Å²) >= 11 is 1.31. The number of ether oxygens (including phenoxy) is 1. The van der Waals surface area contributed by atoms with E-state index in [-0.39, 0.29) is 23.3 Å². The highest BCUT2D eigenvalue weighted by Gasteiger charge is 2.22. The first-order chi connectivity index (χ1) is 15.5. The zero-order chi connectivity index (χ0) is 22.9. The van der Waals surface area contributed by atoms with E-state index in [0.717, 1.165) is 11.1 Å². The second kappa shape index (κ2) is 11.6. The van der Waals surface area contributed by atoms with E-state index in [4.69, 9.17) is 9.72 Å². The average molecular weight is 452 g/mol. The van der Waals surface area contributed by atoms with Gasteiger partial charge in [-0.25, -0.2) is 4.98 Å². The van der Waals surface area contributed by atoms with E-state index in [0.29, 0.717) is 35.8 Å². The van der Waals surface area contributed by atoms with Gasteiger partial charge >= 0.3 is 0 Å². The average Bonchev–Trinajstić information content (AvgIpc) is 2.82. The Morgan fingerprint density at radius 3 is 2.31 bits per heavy atom. The van der Waals surface area contributed by atoms with Gasteiger partial charge in [0.25, 0.3) is 5.56 Å². The van der Waals surface area contributed by atoms with Crippen LogP contribution in [0.15, 0.2) is 70.6 Å². The smallest absolute Gasteiger partial charge is 0.257 e. The van der Waals surface area contributed by atoms with Crippen molar-refractivity contribution in [1.82, 2.24) is 14.9 Å². The fraction of sp³-hybridized carbons (Fsp3) is 0.320. The van der Waals surface area contributed by atoms with Gasteiger partial charge in [-0.1, -0.05) is 79.3 Å². The monoisotopic (exact) mass is 451 g/mol. The number of carbonyl (C=O) groups excluding carboxylic acids is 1. The molecule has 3 aromatic rings. The molecule has 0 aliphatic heterocycles. The standard InChI is InChI=1S/C25H29N3O3S/c1-4-22(23(29)26-16-19-13-9-6-10-14-19)32-25-27-21(17-31-3)20(24(30)28(25)2)15-18-11-7-5-8-12-18/h5-14,22H,4,15-17H2,1-3H3,(H,26,29). The van der Waals surface area contributed by atoms with Crippen molar-refractivity contribution in [3.63, 3.8) is 0 Å². The Morgan fingerprint density at radius 2 is 1.72 bits per heavy atom. The quantitative estimate of drug-likeness (QED) is 0.376. The highest BCUT2D eigenvalue weighted by atomic mass is 32.2. The summed E-state index contributed by atoms with van der Waals surface area (Å²) in [6.07, 6.45) is 1.10. The van der Waals surface area contributed by atoms with Gasteiger partial charge < -0.3 is 10.1 Å². The number of benzene rings is 2. The van der Waals surface area contributed by atoms with E-state index in [1.54, 1.807) is 14.2 Å². The third-order valence-electron chi connectivity index (χ3n) is 5.15. The number of thioether (sulfide) groups is 1. The summed E-state index contributed by atoms with van der Waals surface area (Å²) in [6.45, 7) is 2.66. The highest BCUT2D eigenvalue weighted by Crippen LogP contribution is 2.24. The first kappa shape index (κ1) is 23.8. The van der Waals surface area contributed by atoms with Gasteiger partial charge in [0.2, 0.25) is 5.91 Å². The van der Waals surface area contributed by atoms with Gasteiger partial charge in [0, 0.05) is 32.7 Å². The predicted molar refractivity (Wildman–Crippen MR) is 128 cm³/mol. The van der Waals surface area contributed by atoms with Crippen molar-refractivity contribution in [2.24, 2.45) is 7.05 Å². The molecular formula is C25H29N3O3S. The van der Waals surface area contributed by atoms with Crippen molar-refractivity contribution < 1.29 is 9.53 Å². The molecule has 1 aromatic heterocycles. The molecule has 1 heterocycles. The lowest BCUT2D eigenvalue weighted by Crippen LogP contribution is -2.33. The molecule has 0 saturated carbocycles. The summed E-state index contributed by atoms with van der Waals surface area (Å²) in [4.78, 5) is 30.7. The molecule has 1 atom stereocenters. The number of methoxy groups -OCH3 is 1. The lowest BCUT2D eigenvalue weighted by Gasteiger charge is -2.18. The molecule has 0 aliphatic rings. The fourth-order valence-corrected chi connectivity index (χ4v) is 4.37. The van der Waals surface area contributed by atoms with Crippen LogP contribution in [0.25, 0.3) is 0 Å². The molecule has 0 spiro atoms. The van der Waals surface area contributed by atoms with E-state index in [9.17, 15) is 9.59 Å². The molecular weight excluding hydrogens is 422 g/mol. The maximum atomic E-state index is 13.2. The summed E-state index contributed by atoms with van der Waals surface area (Å²) in [5.41, 5.74) is 3.20. The van der Waals surface area contributed by atoms with E-state index < -0.39 is 0 Å². The molecule has 0 bridgehead atoms. The molecule has 0 fully saturated rings. The Labute approximate surface area is 193 Å². The van der Waals surface area contributed by atoms with Crippen molar-refractivity contribution in [1.29, 1.82) is 0 Å². The van der Waals surface area contributed by atoms with Crippen molar-refractivity contribution in [2.45, 2.75) is 43.3 Å². The Bertz CT molecular complexity index is 1080. The minimum absolute atomic E-state index is 0.0720. The Kier molecular flexibility index (Phi) is 8.64. The van der Waals surface area contributed by atoms with E-state index >= 15 is 0 Å². The van der Waals surface area contributed by atoms with E-state index in [2.05, 4.69) is 5.32 Å². The Morgan fingerprint density at radius 1 is 1.09 bits per heavy atom. The maximum Gasteiger partial charge on any atom is 0.257 e. The van der Waals surface area contributed by atoms with Gasteiger partial charge in [-0.05, 0) is 17.5 Å². The Balaban J connectivity index is 1.81. The molecule has 0 aliphatic carbocycles. The maximum absolute atomic E-state index is 13.2. The summed E-state index contributed by atoms with van der Waals surface area (Å²) in [5, 5.41) is 3.15. The summed E-state index contributed by atoms with van der Waals surface area (Å²) in [5.74, 6) is -0.0720. The lowest BCUT2D eigenvalue weighted by molar-refractivity contribution is -0.120. The van der Waals surface area contributed by atoms with Crippen LogP contribution < -0.4 is 10.9 Å². The first-order valence-corrected chi connectivity index (χ1v) is 11.5. The number of rotatable bonds is 10. The summed E-state index contributed by atoms with van der Waals surface area (Å²) in [6, 6.07) is 19.6. The van der Waals surface area contributed by atoms with Gasteiger partial charge in [0.1, 0.15) is 0 Å². The number of nitrogens with one attached hydrogen (secondary N) is 1.